The van der Waals surface area contributed by atoms with E-state index in [9.17, 15) is 0 Å². The topological polar surface area (TPSA) is 29.3 Å². The second kappa shape index (κ2) is 6.06. The van der Waals surface area contributed by atoms with Crippen molar-refractivity contribution in [2.24, 2.45) is 5.73 Å². The van der Waals surface area contributed by atoms with Crippen LogP contribution in [0.3, 0.4) is 0 Å². The summed E-state index contributed by atoms with van der Waals surface area (Å²) in [5.74, 6) is 0. The Morgan fingerprint density at radius 2 is 1.85 bits per heavy atom. The fourth-order valence-corrected chi connectivity index (χ4v) is 2.29. The normalized spacial score (nSPS) is 10.3. The van der Waals surface area contributed by atoms with Crippen LogP contribution >= 0.6 is 12.2 Å². The summed E-state index contributed by atoms with van der Waals surface area (Å²) in [6.07, 6.45) is 0. The largest absolute Gasteiger partial charge is 0.389 e. The second-order valence-corrected chi connectivity index (χ2v) is 5.63. The zero-order valence-corrected chi connectivity index (χ0v) is 13.0. The van der Waals surface area contributed by atoms with Crippen molar-refractivity contribution in [2.45, 2.75) is 20.4 Å². The monoisotopic (exact) mass is 284 g/mol. The molecule has 0 amide bonds. The Hall–Kier alpha value is -1.87. The molecule has 2 N–H and O–H groups in total. The van der Waals surface area contributed by atoms with Gasteiger partial charge in [-0.05, 0) is 42.7 Å². The highest BCUT2D eigenvalue weighted by molar-refractivity contribution is 7.80. The molecule has 0 radical (unpaired) electrons. The number of thiocarbonyl (C=S) groups is 1. The van der Waals surface area contributed by atoms with Crippen LogP contribution in [0.4, 0.5) is 5.69 Å². The van der Waals surface area contributed by atoms with Crippen LogP contribution in [0.25, 0.3) is 0 Å². The first kappa shape index (κ1) is 14.5. The Bertz CT molecular complexity index is 635. The standard InChI is InChI=1S/C17H20N2S/c1-12-7-8-14(9-13(12)2)11-19(3)16-6-4-5-15(10-16)17(18)20/h4-10H,11H2,1-3H3,(H2,18,20). The molecule has 0 aliphatic carbocycles. The zero-order valence-electron chi connectivity index (χ0n) is 12.2. The van der Waals surface area contributed by atoms with Gasteiger partial charge in [0, 0.05) is 24.8 Å². The highest BCUT2D eigenvalue weighted by atomic mass is 32.1. The maximum Gasteiger partial charge on any atom is 0.104 e. The summed E-state index contributed by atoms with van der Waals surface area (Å²) in [6, 6.07) is 14.6. The maximum absolute atomic E-state index is 5.68. The highest BCUT2D eigenvalue weighted by Crippen LogP contribution is 2.18. The van der Waals surface area contributed by atoms with Crippen molar-refractivity contribution >= 4 is 22.9 Å². The summed E-state index contributed by atoms with van der Waals surface area (Å²) >= 11 is 5.03. The first-order chi connectivity index (χ1) is 9.47. The highest BCUT2D eigenvalue weighted by Gasteiger charge is 2.05. The van der Waals surface area contributed by atoms with Crippen molar-refractivity contribution in [3.8, 4) is 0 Å². The SMILES string of the molecule is Cc1ccc(CN(C)c2cccc(C(N)=S)c2)cc1C. The lowest BCUT2D eigenvalue weighted by atomic mass is 10.1. The van der Waals surface area contributed by atoms with E-state index in [1.54, 1.807) is 0 Å². The summed E-state index contributed by atoms with van der Waals surface area (Å²) in [5, 5.41) is 0. The predicted octanol–water partition coefficient (Wildman–Crippen LogP) is 3.57. The molecule has 3 heteroatoms. The molecule has 104 valence electrons. The molecule has 2 nitrogen and oxygen atoms in total. The molecule has 0 aliphatic heterocycles. The van der Waals surface area contributed by atoms with E-state index in [1.165, 1.54) is 16.7 Å². The van der Waals surface area contributed by atoms with E-state index < -0.39 is 0 Å². The average molecular weight is 284 g/mol. The van der Waals surface area contributed by atoms with Gasteiger partial charge in [-0.1, -0.05) is 42.5 Å². The van der Waals surface area contributed by atoms with Crippen LogP contribution < -0.4 is 10.6 Å². The molecule has 0 fully saturated rings. The van der Waals surface area contributed by atoms with Crippen molar-refractivity contribution in [3.63, 3.8) is 0 Å². The number of rotatable bonds is 4. The molecule has 0 bridgehead atoms. The lowest BCUT2D eigenvalue weighted by Gasteiger charge is -2.20. The van der Waals surface area contributed by atoms with Crippen LogP contribution in [0.15, 0.2) is 42.5 Å². The van der Waals surface area contributed by atoms with E-state index in [2.05, 4.69) is 50.1 Å². The fourth-order valence-electron chi connectivity index (χ4n) is 2.16. The molecule has 20 heavy (non-hydrogen) atoms. The average Bonchev–Trinajstić information content (AvgIpc) is 2.43. The number of aryl methyl sites for hydroxylation is 2. The van der Waals surface area contributed by atoms with E-state index in [0.717, 1.165) is 17.8 Å². The minimum absolute atomic E-state index is 0.437. The van der Waals surface area contributed by atoms with Gasteiger partial charge in [0.05, 0.1) is 0 Å². The number of hydrogen-bond acceptors (Lipinski definition) is 2. The minimum Gasteiger partial charge on any atom is -0.389 e. The number of nitrogens with two attached hydrogens (primary N) is 1. The van der Waals surface area contributed by atoms with Gasteiger partial charge in [0.1, 0.15) is 4.99 Å². The fraction of sp³-hybridized carbons (Fsp3) is 0.235. The zero-order chi connectivity index (χ0) is 14.7. The Kier molecular flexibility index (Phi) is 4.40. The molecule has 0 atom stereocenters. The van der Waals surface area contributed by atoms with Gasteiger partial charge in [0.15, 0.2) is 0 Å². The van der Waals surface area contributed by atoms with Gasteiger partial charge in [-0.15, -0.1) is 0 Å². The summed E-state index contributed by atoms with van der Waals surface area (Å²) in [4.78, 5) is 2.64. The van der Waals surface area contributed by atoms with Gasteiger partial charge in [-0.3, -0.25) is 0 Å². The van der Waals surface area contributed by atoms with Gasteiger partial charge < -0.3 is 10.6 Å². The molecule has 0 spiro atoms. The van der Waals surface area contributed by atoms with Gasteiger partial charge in [-0.25, -0.2) is 0 Å². The Labute approximate surface area is 126 Å². The number of benzene rings is 2. The van der Waals surface area contributed by atoms with Crippen LogP contribution in [0, 0.1) is 13.8 Å². The molecule has 0 saturated heterocycles. The first-order valence-corrected chi connectivity index (χ1v) is 7.05. The molecular formula is C17H20N2S. The number of anilines is 1. The lowest BCUT2D eigenvalue weighted by Crippen LogP contribution is -2.17. The lowest BCUT2D eigenvalue weighted by molar-refractivity contribution is 0.920. The number of nitrogens with zero attached hydrogens (tertiary/aromatic N) is 1. The van der Waals surface area contributed by atoms with E-state index in [0.29, 0.717) is 4.99 Å². The van der Waals surface area contributed by atoms with Crippen LogP contribution in [-0.4, -0.2) is 12.0 Å². The van der Waals surface area contributed by atoms with E-state index in [4.69, 9.17) is 18.0 Å². The van der Waals surface area contributed by atoms with E-state index in [-0.39, 0.29) is 0 Å². The Morgan fingerprint density at radius 1 is 1.10 bits per heavy atom. The van der Waals surface area contributed by atoms with Crippen molar-refractivity contribution in [2.75, 3.05) is 11.9 Å². The molecule has 0 aromatic heterocycles. The molecule has 0 saturated carbocycles. The summed E-state index contributed by atoms with van der Waals surface area (Å²) < 4.78 is 0. The molecule has 0 unspecified atom stereocenters. The van der Waals surface area contributed by atoms with Gasteiger partial charge in [0.2, 0.25) is 0 Å². The molecule has 2 rings (SSSR count). The summed E-state index contributed by atoms with van der Waals surface area (Å²) in [5.41, 5.74) is 11.7. The smallest absolute Gasteiger partial charge is 0.104 e. The third kappa shape index (κ3) is 3.36. The third-order valence-electron chi connectivity index (χ3n) is 3.56. The van der Waals surface area contributed by atoms with Crippen LogP contribution in [0.5, 0.6) is 0 Å². The van der Waals surface area contributed by atoms with Crippen LogP contribution in [-0.2, 0) is 6.54 Å². The molecule has 2 aromatic rings. The molecule has 0 aliphatic rings. The molecule has 0 heterocycles. The van der Waals surface area contributed by atoms with Crippen molar-refractivity contribution in [1.29, 1.82) is 0 Å². The van der Waals surface area contributed by atoms with Crippen molar-refractivity contribution in [3.05, 3.63) is 64.7 Å². The van der Waals surface area contributed by atoms with Crippen molar-refractivity contribution < 1.29 is 0 Å². The first-order valence-electron chi connectivity index (χ1n) is 6.64. The Balaban J connectivity index is 2.19. The predicted molar refractivity (Wildman–Crippen MR) is 90.4 cm³/mol. The summed E-state index contributed by atoms with van der Waals surface area (Å²) in [7, 11) is 2.08. The van der Waals surface area contributed by atoms with Crippen molar-refractivity contribution in [1.82, 2.24) is 0 Å². The second-order valence-electron chi connectivity index (χ2n) is 5.19. The molecule has 2 aromatic carbocycles. The Morgan fingerprint density at radius 3 is 2.50 bits per heavy atom. The minimum atomic E-state index is 0.437. The van der Waals surface area contributed by atoms with Crippen LogP contribution in [0.1, 0.15) is 22.3 Å². The maximum atomic E-state index is 5.68. The molecular weight excluding hydrogens is 264 g/mol. The van der Waals surface area contributed by atoms with Gasteiger partial charge in [0.25, 0.3) is 0 Å². The van der Waals surface area contributed by atoms with E-state index in [1.807, 2.05) is 18.2 Å². The summed E-state index contributed by atoms with van der Waals surface area (Å²) in [6.45, 7) is 5.14. The quantitative estimate of drug-likeness (QED) is 0.870. The van der Waals surface area contributed by atoms with Gasteiger partial charge >= 0.3 is 0 Å². The van der Waals surface area contributed by atoms with Crippen LogP contribution in [0.2, 0.25) is 0 Å². The van der Waals surface area contributed by atoms with E-state index >= 15 is 0 Å². The van der Waals surface area contributed by atoms with Gasteiger partial charge in [-0.2, -0.15) is 0 Å². The number of hydrogen-bond donors (Lipinski definition) is 1. The third-order valence-corrected chi connectivity index (χ3v) is 3.80.